The van der Waals surface area contributed by atoms with E-state index in [1.165, 1.54) is 6.92 Å². The number of fused-ring (bicyclic) bond motifs is 1. The van der Waals surface area contributed by atoms with E-state index in [0.717, 1.165) is 6.21 Å². The van der Waals surface area contributed by atoms with Gasteiger partial charge < -0.3 is 5.11 Å². The van der Waals surface area contributed by atoms with E-state index in [1.54, 1.807) is 0 Å². The summed E-state index contributed by atoms with van der Waals surface area (Å²) in [5.74, 6) is -2.55. The fraction of sp³-hybridized carbons (Fsp3) is 0.667. The van der Waals surface area contributed by atoms with Crippen LogP contribution in [-0.2, 0) is 4.79 Å². The molecule has 0 bridgehead atoms. The molecule has 0 saturated carbocycles. The Morgan fingerprint density at radius 1 is 1.59 bits per heavy atom. The first-order valence-corrected chi connectivity index (χ1v) is 5.01. The number of aliphatic carboxylic acids is 1. The van der Waals surface area contributed by atoms with Crippen LogP contribution >= 0.6 is 0 Å². The van der Waals surface area contributed by atoms with Gasteiger partial charge in [0.2, 0.25) is 0 Å². The molecule has 0 amide bonds. The molecule has 2 heterocycles. The van der Waals surface area contributed by atoms with E-state index < -0.39 is 30.1 Å². The lowest BCUT2D eigenvalue weighted by molar-refractivity contribution is -0.177. The van der Waals surface area contributed by atoms with Crippen LogP contribution in [0.25, 0.3) is 0 Å². The molecule has 2 aliphatic heterocycles. The number of amidine groups is 1. The molecular formula is C9H10F3N3O2. The van der Waals surface area contributed by atoms with E-state index in [0.29, 0.717) is 5.01 Å². The molecule has 17 heavy (non-hydrogen) atoms. The van der Waals surface area contributed by atoms with Gasteiger partial charge >= 0.3 is 12.1 Å². The van der Waals surface area contributed by atoms with Gasteiger partial charge in [0, 0.05) is 12.6 Å². The Morgan fingerprint density at radius 3 is 2.76 bits per heavy atom. The van der Waals surface area contributed by atoms with Crippen LogP contribution in [0.1, 0.15) is 13.3 Å². The van der Waals surface area contributed by atoms with Gasteiger partial charge in [0.15, 0.2) is 12.0 Å². The summed E-state index contributed by atoms with van der Waals surface area (Å²) in [5.41, 5.74) is 0. The number of hydrazone groups is 1. The van der Waals surface area contributed by atoms with Gasteiger partial charge in [0.25, 0.3) is 0 Å². The van der Waals surface area contributed by atoms with Crippen LogP contribution in [-0.4, -0.2) is 46.4 Å². The zero-order chi connectivity index (χ0) is 12.8. The van der Waals surface area contributed by atoms with Gasteiger partial charge in [-0.05, 0) is 6.92 Å². The van der Waals surface area contributed by atoms with Gasteiger partial charge in [0.1, 0.15) is 5.84 Å². The van der Waals surface area contributed by atoms with Crippen LogP contribution in [0.3, 0.4) is 0 Å². The molecule has 0 saturated heterocycles. The molecule has 0 aromatic heterocycles. The Balaban J connectivity index is 2.34. The molecule has 0 aliphatic carbocycles. The predicted octanol–water partition coefficient (Wildman–Crippen LogP) is 1.11. The second-order valence-corrected chi connectivity index (χ2v) is 4.05. The minimum absolute atomic E-state index is 0.126. The lowest BCUT2D eigenvalue weighted by Gasteiger charge is -2.34. The molecule has 94 valence electrons. The molecule has 0 radical (unpaired) electrons. The van der Waals surface area contributed by atoms with E-state index in [-0.39, 0.29) is 12.3 Å². The van der Waals surface area contributed by atoms with Crippen LogP contribution in [0, 0.1) is 5.92 Å². The van der Waals surface area contributed by atoms with Crippen molar-refractivity contribution in [3.05, 3.63) is 0 Å². The van der Waals surface area contributed by atoms with Crippen LogP contribution in [0.4, 0.5) is 13.2 Å². The van der Waals surface area contributed by atoms with Gasteiger partial charge in [-0.15, -0.1) is 0 Å². The normalized spacial score (nSPS) is 32.4. The molecule has 5 nitrogen and oxygen atoms in total. The number of carbonyl (C=O) groups is 1. The molecule has 0 spiro atoms. The number of rotatable bonds is 1. The molecular weight excluding hydrogens is 239 g/mol. The van der Waals surface area contributed by atoms with Gasteiger partial charge in [-0.2, -0.15) is 18.3 Å². The molecule has 8 heteroatoms. The highest BCUT2D eigenvalue weighted by atomic mass is 19.4. The van der Waals surface area contributed by atoms with Crippen LogP contribution in [0.15, 0.2) is 10.1 Å². The van der Waals surface area contributed by atoms with Crippen molar-refractivity contribution in [2.24, 2.45) is 16.0 Å². The van der Waals surface area contributed by atoms with Crippen molar-refractivity contribution in [2.45, 2.75) is 31.6 Å². The summed E-state index contributed by atoms with van der Waals surface area (Å²) in [6.45, 7) is 1.53. The Morgan fingerprint density at radius 2 is 2.24 bits per heavy atom. The van der Waals surface area contributed by atoms with E-state index in [4.69, 9.17) is 5.11 Å². The summed E-state index contributed by atoms with van der Waals surface area (Å²) in [7, 11) is 0. The fourth-order valence-corrected chi connectivity index (χ4v) is 1.93. The zero-order valence-electron chi connectivity index (χ0n) is 8.85. The monoisotopic (exact) mass is 249 g/mol. The number of hydrogen-bond donors (Lipinski definition) is 1. The van der Waals surface area contributed by atoms with Gasteiger partial charge in [0.05, 0.1) is 6.04 Å². The average Bonchev–Trinajstić information content (AvgIpc) is 2.57. The van der Waals surface area contributed by atoms with Gasteiger partial charge in [-0.25, -0.2) is 5.01 Å². The largest absolute Gasteiger partial charge is 0.480 e. The minimum atomic E-state index is -4.44. The number of aliphatic imine (C=N–C) groups is 1. The maximum Gasteiger partial charge on any atom is 0.410 e. The summed E-state index contributed by atoms with van der Waals surface area (Å²) in [6, 6.07) is -2.35. The molecule has 0 aromatic carbocycles. The van der Waals surface area contributed by atoms with Crippen molar-refractivity contribution in [3.63, 3.8) is 0 Å². The molecule has 0 fully saturated rings. The standard InChI is InChI=1S/C9H10F3N3O2/c1-4-2-6(9(10,11)12)15-7(14-4)5(3-13-15)8(16)17/h3-6H,2H2,1H3,(H,16,17). The molecule has 2 rings (SSSR count). The van der Waals surface area contributed by atoms with Crippen molar-refractivity contribution in [3.8, 4) is 0 Å². The van der Waals surface area contributed by atoms with E-state index >= 15 is 0 Å². The molecule has 3 atom stereocenters. The number of hydrogen-bond acceptors (Lipinski definition) is 4. The first-order valence-electron chi connectivity index (χ1n) is 5.01. The third-order valence-electron chi connectivity index (χ3n) is 2.71. The first kappa shape index (κ1) is 11.9. The van der Waals surface area contributed by atoms with Crippen molar-refractivity contribution in [1.29, 1.82) is 0 Å². The number of alkyl halides is 3. The summed E-state index contributed by atoms with van der Waals surface area (Å²) in [5, 5.41) is 13.0. The Bertz CT molecular complexity index is 405. The Labute approximate surface area is 94.6 Å². The highest BCUT2D eigenvalue weighted by Crippen LogP contribution is 2.34. The van der Waals surface area contributed by atoms with Gasteiger partial charge in [-0.1, -0.05) is 0 Å². The first-order chi connectivity index (χ1) is 7.80. The van der Waals surface area contributed by atoms with Crippen molar-refractivity contribution >= 4 is 18.0 Å². The summed E-state index contributed by atoms with van der Waals surface area (Å²) >= 11 is 0. The summed E-state index contributed by atoms with van der Waals surface area (Å²) < 4.78 is 38.3. The third-order valence-corrected chi connectivity index (χ3v) is 2.71. The molecule has 1 N–H and O–H groups in total. The summed E-state index contributed by atoms with van der Waals surface area (Å²) in [4.78, 5) is 14.8. The van der Waals surface area contributed by atoms with Crippen molar-refractivity contribution in [2.75, 3.05) is 0 Å². The SMILES string of the molecule is CC1CC(C(F)(F)F)N2N=CC(C(=O)O)C2=N1. The second-order valence-electron chi connectivity index (χ2n) is 4.05. The fourth-order valence-electron chi connectivity index (χ4n) is 1.93. The van der Waals surface area contributed by atoms with Crippen molar-refractivity contribution < 1.29 is 23.1 Å². The van der Waals surface area contributed by atoms with E-state index in [1.807, 2.05) is 0 Å². The quantitative estimate of drug-likeness (QED) is 0.757. The Hall–Kier alpha value is -1.60. The van der Waals surface area contributed by atoms with E-state index in [9.17, 15) is 18.0 Å². The Kier molecular flexibility index (Phi) is 2.59. The van der Waals surface area contributed by atoms with E-state index in [2.05, 4.69) is 10.1 Å². The van der Waals surface area contributed by atoms with Crippen LogP contribution in [0.2, 0.25) is 0 Å². The van der Waals surface area contributed by atoms with Crippen LogP contribution in [0.5, 0.6) is 0 Å². The topological polar surface area (TPSA) is 65.3 Å². The maximum absolute atomic E-state index is 12.8. The highest BCUT2D eigenvalue weighted by Gasteiger charge is 2.51. The van der Waals surface area contributed by atoms with Gasteiger partial charge in [-0.3, -0.25) is 9.79 Å². The lowest BCUT2D eigenvalue weighted by atomic mass is 10.0. The second kappa shape index (κ2) is 3.71. The highest BCUT2D eigenvalue weighted by molar-refractivity contribution is 6.15. The molecule has 0 aromatic rings. The summed E-state index contributed by atoms with van der Waals surface area (Å²) in [6.07, 6.45) is -3.67. The predicted molar refractivity (Wildman–Crippen MR) is 52.8 cm³/mol. The lowest BCUT2D eigenvalue weighted by Crippen LogP contribution is -2.50. The van der Waals surface area contributed by atoms with Crippen LogP contribution < -0.4 is 0 Å². The number of halogens is 3. The zero-order valence-corrected chi connectivity index (χ0v) is 8.85. The smallest absolute Gasteiger partial charge is 0.410 e. The van der Waals surface area contributed by atoms with Crippen molar-refractivity contribution in [1.82, 2.24) is 5.01 Å². The minimum Gasteiger partial charge on any atom is -0.480 e. The molecule has 3 unspecified atom stereocenters. The maximum atomic E-state index is 12.8. The average molecular weight is 249 g/mol. The third kappa shape index (κ3) is 1.98. The molecule has 2 aliphatic rings. The number of carboxylic acid groups (broad SMARTS) is 1. The number of nitrogens with zero attached hydrogens (tertiary/aromatic N) is 3. The number of carboxylic acids is 1.